The standard InChI is InChI=1S/C22H22ClN5O/c1-15-24-13-16-6-8-22(20(16)26-15)7-2-10-27(14-22)21(29)18-12-17(4-5-19(18)23)28-11-3-9-25-28/h3-5,9,11-13H,2,6-8,10,14H2,1H3. The zero-order valence-corrected chi connectivity index (χ0v) is 17.1. The van der Waals surface area contributed by atoms with Gasteiger partial charge in [0.2, 0.25) is 0 Å². The number of fused-ring (bicyclic) bond motifs is 2. The van der Waals surface area contributed by atoms with Gasteiger partial charge in [0.1, 0.15) is 5.82 Å². The Labute approximate surface area is 174 Å². The zero-order chi connectivity index (χ0) is 20.0. The number of halogens is 1. The molecule has 0 radical (unpaired) electrons. The Bertz CT molecular complexity index is 1080. The maximum absolute atomic E-state index is 13.4. The predicted molar refractivity (Wildman–Crippen MR) is 110 cm³/mol. The van der Waals surface area contributed by atoms with Gasteiger partial charge in [0.15, 0.2) is 0 Å². The van der Waals surface area contributed by atoms with Crippen LogP contribution in [-0.4, -0.2) is 43.6 Å². The summed E-state index contributed by atoms with van der Waals surface area (Å²) in [6, 6.07) is 7.32. The van der Waals surface area contributed by atoms with Gasteiger partial charge in [-0.2, -0.15) is 5.10 Å². The minimum Gasteiger partial charge on any atom is -0.338 e. The number of likely N-dealkylation sites (tertiary alicyclic amines) is 1. The van der Waals surface area contributed by atoms with Gasteiger partial charge in [0, 0.05) is 37.1 Å². The average molecular weight is 408 g/mol. The molecule has 1 spiro atoms. The Morgan fingerprint density at radius 1 is 1.28 bits per heavy atom. The SMILES string of the molecule is Cc1ncc2c(n1)C1(CCCN(C(=O)c3cc(-n4cccn4)ccc3Cl)C1)CC2. The van der Waals surface area contributed by atoms with Gasteiger partial charge in [-0.3, -0.25) is 4.79 Å². The summed E-state index contributed by atoms with van der Waals surface area (Å²) in [6.45, 7) is 3.35. The summed E-state index contributed by atoms with van der Waals surface area (Å²) >= 11 is 6.43. The number of benzene rings is 1. The average Bonchev–Trinajstić information content (AvgIpc) is 3.38. The van der Waals surface area contributed by atoms with Crippen LogP contribution in [0.1, 0.15) is 46.7 Å². The van der Waals surface area contributed by atoms with E-state index in [0.717, 1.165) is 49.4 Å². The van der Waals surface area contributed by atoms with Crippen molar-refractivity contribution in [2.75, 3.05) is 13.1 Å². The molecule has 1 aromatic carbocycles. The largest absolute Gasteiger partial charge is 0.338 e. The number of rotatable bonds is 2. The number of nitrogens with zero attached hydrogens (tertiary/aromatic N) is 5. The summed E-state index contributed by atoms with van der Waals surface area (Å²) < 4.78 is 1.73. The van der Waals surface area contributed by atoms with Gasteiger partial charge in [0.25, 0.3) is 5.91 Å². The van der Waals surface area contributed by atoms with Gasteiger partial charge >= 0.3 is 0 Å². The van der Waals surface area contributed by atoms with E-state index in [-0.39, 0.29) is 11.3 Å². The molecule has 5 rings (SSSR count). The van der Waals surface area contributed by atoms with Crippen molar-refractivity contribution < 1.29 is 4.79 Å². The molecular weight excluding hydrogens is 386 g/mol. The van der Waals surface area contributed by atoms with Crippen molar-refractivity contribution in [3.05, 3.63) is 70.5 Å². The molecule has 29 heavy (non-hydrogen) atoms. The van der Waals surface area contributed by atoms with E-state index in [0.29, 0.717) is 17.1 Å². The summed E-state index contributed by atoms with van der Waals surface area (Å²) in [5.41, 5.74) is 3.64. The molecule has 1 aliphatic carbocycles. The molecular formula is C22H22ClN5O. The highest BCUT2D eigenvalue weighted by molar-refractivity contribution is 6.33. The first-order chi connectivity index (χ1) is 14.1. The fourth-order valence-electron chi connectivity index (χ4n) is 4.74. The fourth-order valence-corrected chi connectivity index (χ4v) is 4.94. The Hall–Kier alpha value is -2.73. The molecule has 2 aliphatic rings. The van der Waals surface area contributed by atoms with Crippen molar-refractivity contribution in [1.29, 1.82) is 0 Å². The van der Waals surface area contributed by atoms with Crippen molar-refractivity contribution in [3.8, 4) is 5.69 Å². The van der Waals surface area contributed by atoms with Crippen LogP contribution < -0.4 is 0 Å². The van der Waals surface area contributed by atoms with Crippen LogP contribution in [0.5, 0.6) is 0 Å². The summed E-state index contributed by atoms with van der Waals surface area (Å²) in [4.78, 5) is 24.5. The quantitative estimate of drug-likeness (QED) is 0.649. The Balaban J connectivity index is 1.46. The van der Waals surface area contributed by atoms with Crippen LogP contribution in [-0.2, 0) is 11.8 Å². The molecule has 1 saturated heterocycles. The maximum Gasteiger partial charge on any atom is 0.255 e. The lowest BCUT2D eigenvalue weighted by molar-refractivity contribution is 0.0633. The third kappa shape index (κ3) is 3.12. The molecule has 1 amide bonds. The molecule has 148 valence electrons. The molecule has 1 aliphatic heterocycles. The number of piperidine rings is 1. The molecule has 0 N–H and O–H groups in total. The normalized spacial score (nSPS) is 20.8. The first-order valence-electron chi connectivity index (χ1n) is 9.98. The molecule has 6 nitrogen and oxygen atoms in total. The molecule has 3 aromatic rings. The van der Waals surface area contributed by atoms with E-state index in [1.165, 1.54) is 5.56 Å². The maximum atomic E-state index is 13.4. The van der Waals surface area contributed by atoms with Gasteiger partial charge < -0.3 is 4.90 Å². The summed E-state index contributed by atoms with van der Waals surface area (Å²) in [7, 11) is 0. The van der Waals surface area contributed by atoms with Gasteiger partial charge in [-0.15, -0.1) is 0 Å². The van der Waals surface area contributed by atoms with Crippen molar-refractivity contribution in [1.82, 2.24) is 24.6 Å². The van der Waals surface area contributed by atoms with E-state index in [2.05, 4.69) is 10.1 Å². The van der Waals surface area contributed by atoms with E-state index in [1.54, 1.807) is 16.9 Å². The van der Waals surface area contributed by atoms with E-state index in [9.17, 15) is 4.79 Å². The lowest BCUT2D eigenvalue weighted by Crippen LogP contribution is -2.48. The minimum absolute atomic E-state index is 0.0256. The van der Waals surface area contributed by atoms with Crippen LogP contribution in [0.15, 0.2) is 42.9 Å². The summed E-state index contributed by atoms with van der Waals surface area (Å²) in [6.07, 6.45) is 9.54. The molecule has 2 aromatic heterocycles. The number of hydrogen-bond acceptors (Lipinski definition) is 4. The Kier molecular flexibility index (Phi) is 4.39. The van der Waals surface area contributed by atoms with Crippen LogP contribution in [0.2, 0.25) is 5.02 Å². The zero-order valence-electron chi connectivity index (χ0n) is 16.3. The van der Waals surface area contributed by atoms with Crippen molar-refractivity contribution in [2.45, 2.75) is 38.0 Å². The van der Waals surface area contributed by atoms with E-state index in [1.807, 2.05) is 42.4 Å². The molecule has 1 atom stereocenters. The smallest absolute Gasteiger partial charge is 0.255 e. The highest BCUT2D eigenvalue weighted by atomic mass is 35.5. The lowest BCUT2D eigenvalue weighted by atomic mass is 9.77. The fraction of sp³-hybridized carbons (Fsp3) is 0.364. The molecule has 1 unspecified atom stereocenters. The summed E-state index contributed by atoms with van der Waals surface area (Å²) in [5, 5.41) is 4.72. The van der Waals surface area contributed by atoms with E-state index in [4.69, 9.17) is 16.6 Å². The summed E-state index contributed by atoms with van der Waals surface area (Å²) in [5.74, 6) is 0.769. The van der Waals surface area contributed by atoms with Gasteiger partial charge in [-0.1, -0.05) is 11.6 Å². The topological polar surface area (TPSA) is 63.9 Å². The minimum atomic E-state index is -0.0665. The molecule has 3 heterocycles. The lowest BCUT2D eigenvalue weighted by Gasteiger charge is -2.40. The second kappa shape index (κ2) is 6.95. The first-order valence-corrected chi connectivity index (χ1v) is 10.4. The Morgan fingerprint density at radius 2 is 2.17 bits per heavy atom. The number of aromatic nitrogens is 4. The van der Waals surface area contributed by atoms with Gasteiger partial charge in [-0.05, 0) is 62.4 Å². The van der Waals surface area contributed by atoms with Crippen LogP contribution in [0.3, 0.4) is 0 Å². The number of hydrogen-bond donors (Lipinski definition) is 0. The molecule has 1 fully saturated rings. The van der Waals surface area contributed by atoms with Gasteiger partial charge in [-0.25, -0.2) is 14.6 Å². The van der Waals surface area contributed by atoms with Crippen molar-refractivity contribution >= 4 is 17.5 Å². The third-order valence-electron chi connectivity index (χ3n) is 6.17. The van der Waals surface area contributed by atoms with Crippen molar-refractivity contribution in [2.24, 2.45) is 0 Å². The van der Waals surface area contributed by atoms with Crippen molar-refractivity contribution in [3.63, 3.8) is 0 Å². The Morgan fingerprint density at radius 3 is 3.00 bits per heavy atom. The molecule has 0 saturated carbocycles. The molecule has 7 heteroatoms. The molecule has 0 bridgehead atoms. The van der Waals surface area contributed by atoms with Crippen LogP contribution in [0.25, 0.3) is 5.69 Å². The number of amides is 1. The van der Waals surface area contributed by atoms with Crippen LogP contribution >= 0.6 is 11.6 Å². The van der Waals surface area contributed by atoms with Gasteiger partial charge in [0.05, 0.1) is 22.0 Å². The van der Waals surface area contributed by atoms with Crippen LogP contribution in [0, 0.1) is 6.92 Å². The monoisotopic (exact) mass is 407 g/mol. The number of carbonyl (C=O) groups is 1. The predicted octanol–water partition coefficient (Wildman–Crippen LogP) is 3.74. The highest BCUT2D eigenvalue weighted by Gasteiger charge is 2.44. The third-order valence-corrected chi connectivity index (χ3v) is 6.50. The second-order valence-electron chi connectivity index (χ2n) is 8.02. The number of carbonyl (C=O) groups excluding carboxylic acids is 1. The van der Waals surface area contributed by atoms with Crippen LogP contribution in [0.4, 0.5) is 0 Å². The van der Waals surface area contributed by atoms with E-state index >= 15 is 0 Å². The number of aryl methyl sites for hydroxylation is 2. The second-order valence-corrected chi connectivity index (χ2v) is 8.42. The first kappa shape index (κ1) is 18.3. The van der Waals surface area contributed by atoms with E-state index < -0.39 is 0 Å². The highest BCUT2D eigenvalue weighted by Crippen LogP contribution is 2.44.